The van der Waals surface area contributed by atoms with Crippen molar-refractivity contribution in [3.63, 3.8) is 0 Å². The summed E-state index contributed by atoms with van der Waals surface area (Å²) in [5, 5.41) is 15.0. The van der Waals surface area contributed by atoms with Crippen molar-refractivity contribution >= 4 is 23.5 Å². The van der Waals surface area contributed by atoms with Crippen molar-refractivity contribution < 1.29 is 19.5 Å². The van der Waals surface area contributed by atoms with E-state index in [2.05, 4.69) is 10.6 Å². The van der Waals surface area contributed by atoms with Gasteiger partial charge in [0.05, 0.1) is 23.1 Å². The first-order chi connectivity index (χ1) is 14.0. The highest BCUT2D eigenvalue weighted by Crippen LogP contribution is 2.28. The number of amides is 2. The van der Waals surface area contributed by atoms with E-state index in [1.807, 2.05) is 37.3 Å². The lowest BCUT2D eigenvalue weighted by Crippen LogP contribution is -2.35. The molecule has 3 rings (SSSR count). The average Bonchev–Trinajstić information content (AvgIpc) is 2.73. The molecule has 2 aromatic carbocycles. The van der Waals surface area contributed by atoms with Gasteiger partial charge in [0, 0.05) is 6.54 Å². The summed E-state index contributed by atoms with van der Waals surface area (Å²) in [6, 6.07) is 14.5. The van der Waals surface area contributed by atoms with Crippen LogP contribution in [0.1, 0.15) is 34.3 Å². The van der Waals surface area contributed by atoms with Gasteiger partial charge in [0.25, 0.3) is 5.91 Å². The predicted molar refractivity (Wildman–Crippen MR) is 110 cm³/mol. The lowest BCUT2D eigenvalue weighted by molar-refractivity contribution is -0.146. The van der Waals surface area contributed by atoms with Crippen LogP contribution in [0.4, 0.5) is 5.69 Å². The van der Waals surface area contributed by atoms with Crippen LogP contribution >= 0.6 is 0 Å². The van der Waals surface area contributed by atoms with E-state index in [9.17, 15) is 19.5 Å². The van der Waals surface area contributed by atoms with Gasteiger partial charge in [-0.25, -0.2) is 0 Å². The smallest absolute Gasteiger partial charge is 0.307 e. The van der Waals surface area contributed by atoms with Crippen LogP contribution in [0.2, 0.25) is 0 Å². The largest absolute Gasteiger partial charge is 0.481 e. The number of nitrogens with one attached hydrogen (secondary N) is 2. The van der Waals surface area contributed by atoms with Crippen LogP contribution in [0.15, 0.2) is 60.7 Å². The molecule has 0 unspecified atom stereocenters. The number of rotatable bonds is 6. The molecule has 0 spiro atoms. The molecule has 0 saturated heterocycles. The van der Waals surface area contributed by atoms with Crippen LogP contribution in [-0.2, 0) is 16.1 Å². The summed E-state index contributed by atoms with van der Waals surface area (Å²) < 4.78 is 0. The lowest BCUT2D eigenvalue weighted by atomic mass is 9.82. The van der Waals surface area contributed by atoms with E-state index in [4.69, 9.17) is 0 Å². The van der Waals surface area contributed by atoms with Crippen LogP contribution in [0.3, 0.4) is 0 Å². The summed E-state index contributed by atoms with van der Waals surface area (Å²) in [4.78, 5) is 36.9. The van der Waals surface area contributed by atoms with Crippen molar-refractivity contribution in [2.24, 2.45) is 11.8 Å². The molecule has 3 N–H and O–H groups in total. The van der Waals surface area contributed by atoms with E-state index in [0.29, 0.717) is 30.6 Å². The molecule has 2 atom stereocenters. The number of hydrogen-bond donors (Lipinski definition) is 3. The van der Waals surface area contributed by atoms with Gasteiger partial charge in [-0.15, -0.1) is 0 Å². The highest BCUT2D eigenvalue weighted by atomic mass is 16.4. The maximum Gasteiger partial charge on any atom is 0.307 e. The summed E-state index contributed by atoms with van der Waals surface area (Å²) in [5.74, 6) is -3.11. The van der Waals surface area contributed by atoms with Crippen molar-refractivity contribution in [2.75, 3.05) is 5.32 Å². The number of benzene rings is 2. The van der Waals surface area contributed by atoms with Gasteiger partial charge < -0.3 is 15.7 Å². The first kappa shape index (κ1) is 20.3. The number of aliphatic carboxylic acids is 1. The second kappa shape index (κ2) is 9.19. The zero-order chi connectivity index (χ0) is 20.8. The number of carboxylic acid groups (broad SMARTS) is 1. The van der Waals surface area contributed by atoms with Gasteiger partial charge >= 0.3 is 5.97 Å². The molecule has 0 saturated carbocycles. The van der Waals surface area contributed by atoms with Gasteiger partial charge in [-0.3, -0.25) is 14.4 Å². The molecule has 1 aliphatic rings. The highest BCUT2D eigenvalue weighted by Gasteiger charge is 2.34. The predicted octanol–water partition coefficient (Wildman–Crippen LogP) is 3.53. The van der Waals surface area contributed by atoms with Gasteiger partial charge in [0.15, 0.2) is 0 Å². The quantitative estimate of drug-likeness (QED) is 0.656. The van der Waals surface area contributed by atoms with Gasteiger partial charge in [-0.05, 0) is 43.0 Å². The number of carbonyl (C=O) groups is 3. The number of carbonyl (C=O) groups excluding carboxylic acids is 2. The van der Waals surface area contributed by atoms with Gasteiger partial charge in [0.1, 0.15) is 0 Å². The standard InChI is InChI=1S/C23H24N2O4/c1-15-8-2-3-9-16(15)14-24-21(26)19-12-6-7-13-20(19)25-22(27)17-10-4-5-11-18(17)23(28)29/h2-9,12-13,17-18H,10-11,14H2,1H3,(H,24,26)(H,25,27)(H,28,29)/t17-,18+/m0/s1. The van der Waals surface area contributed by atoms with E-state index in [1.165, 1.54) is 0 Å². The van der Waals surface area contributed by atoms with Crippen LogP contribution in [0.25, 0.3) is 0 Å². The number of anilines is 1. The maximum atomic E-state index is 12.7. The molecule has 6 nitrogen and oxygen atoms in total. The van der Waals surface area contributed by atoms with E-state index in [1.54, 1.807) is 30.3 Å². The van der Waals surface area contributed by atoms with Crippen molar-refractivity contribution in [3.8, 4) is 0 Å². The first-order valence-corrected chi connectivity index (χ1v) is 9.57. The molecule has 2 aromatic rings. The molecule has 150 valence electrons. The Kier molecular flexibility index (Phi) is 6.44. The number of carboxylic acids is 1. The van der Waals surface area contributed by atoms with Gasteiger partial charge in [-0.1, -0.05) is 48.6 Å². The fraction of sp³-hybridized carbons (Fsp3) is 0.261. The Bertz CT molecular complexity index is 951. The zero-order valence-electron chi connectivity index (χ0n) is 16.2. The fourth-order valence-corrected chi connectivity index (χ4v) is 3.47. The van der Waals surface area contributed by atoms with Crippen LogP contribution in [0.5, 0.6) is 0 Å². The zero-order valence-corrected chi connectivity index (χ0v) is 16.2. The topological polar surface area (TPSA) is 95.5 Å². The van der Waals surface area contributed by atoms with E-state index in [0.717, 1.165) is 11.1 Å². The molecule has 0 radical (unpaired) electrons. The summed E-state index contributed by atoms with van der Waals surface area (Å²) >= 11 is 0. The SMILES string of the molecule is Cc1ccccc1CNC(=O)c1ccccc1NC(=O)[C@H]1CC=CC[C@H]1C(=O)O. The minimum absolute atomic E-state index is 0.303. The first-order valence-electron chi connectivity index (χ1n) is 9.57. The van der Waals surface area contributed by atoms with Crippen molar-refractivity contribution in [2.45, 2.75) is 26.3 Å². The Labute approximate surface area is 169 Å². The minimum atomic E-state index is -0.987. The van der Waals surface area contributed by atoms with Gasteiger partial charge in [-0.2, -0.15) is 0 Å². The van der Waals surface area contributed by atoms with Crippen LogP contribution in [-0.4, -0.2) is 22.9 Å². The van der Waals surface area contributed by atoms with E-state index in [-0.39, 0.29) is 11.8 Å². The summed E-state index contributed by atoms with van der Waals surface area (Å²) in [6.45, 7) is 2.36. The van der Waals surface area contributed by atoms with Crippen molar-refractivity contribution in [1.82, 2.24) is 5.32 Å². The monoisotopic (exact) mass is 392 g/mol. The summed E-state index contributed by atoms with van der Waals surface area (Å²) in [5.41, 5.74) is 2.81. The Morgan fingerprint density at radius 3 is 2.34 bits per heavy atom. The Morgan fingerprint density at radius 2 is 1.62 bits per heavy atom. The molecule has 6 heteroatoms. The number of hydrogen-bond acceptors (Lipinski definition) is 3. The highest BCUT2D eigenvalue weighted by molar-refractivity contribution is 6.04. The third kappa shape index (κ3) is 4.90. The minimum Gasteiger partial charge on any atom is -0.481 e. The third-order valence-corrected chi connectivity index (χ3v) is 5.22. The van der Waals surface area contributed by atoms with Crippen LogP contribution in [0, 0.1) is 18.8 Å². The molecule has 0 heterocycles. The fourth-order valence-electron chi connectivity index (χ4n) is 3.47. The molecule has 0 bridgehead atoms. The molecule has 2 amide bonds. The number of aryl methyl sites for hydroxylation is 1. The Hall–Kier alpha value is -3.41. The molecule has 29 heavy (non-hydrogen) atoms. The summed E-state index contributed by atoms with van der Waals surface area (Å²) in [6.07, 6.45) is 4.30. The number of para-hydroxylation sites is 1. The average molecular weight is 392 g/mol. The summed E-state index contributed by atoms with van der Waals surface area (Å²) in [7, 11) is 0. The molecular weight excluding hydrogens is 368 g/mol. The molecule has 0 fully saturated rings. The second-order valence-corrected chi connectivity index (χ2v) is 7.14. The molecule has 0 aliphatic heterocycles. The number of allylic oxidation sites excluding steroid dienone is 2. The second-order valence-electron chi connectivity index (χ2n) is 7.14. The normalized spacial score (nSPS) is 18.1. The Balaban J connectivity index is 1.72. The van der Waals surface area contributed by atoms with Crippen molar-refractivity contribution in [1.29, 1.82) is 0 Å². The van der Waals surface area contributed by atoms with E-state index < -0.39 is 17.8 Å². The molecular formula is C23H24N2O4. The Morgan fingerprint density at radius 1 is 0.966 bits per heavy atom. The van der Waals surface area contributed by atoms with E-state index >= 15 is 0 Å². The molecule has 0 aromatic heterocycles. The maximum absolute atomic E-state index is 12.7. The van der Waals surface area contributed by atoms with Gasteiger partial charge in [0.2, 0.25) is 5.91 Å². The third-order valence-electron chi connectivity index (χ3n) is 5.22. The lowest BCUT2D eigenvalue weighted by Gasteiger charge is -2.24. The van der Waals surface area contributed by atoms with Crippen molar-refractivity contribution in [3.05, 3.63) is 77.4 Å². The van der Waals surface area contributed by atoms with Crippen LogP contribution < -0.4 is 10.6 Å². The molecule has 1 aliphatic carbocycles.